The molecule has 1 aromatic carbocycles. The Labute approximate surface area is 95.6 Å². The van der Waals surface area contributed by atoms with Gasteiger partial charge in [0.1, 0.15) is 0 Å². The van der Waals surface area contributed by atoms with Gasteiger partial charge in [-0.2, -0.15) is 0 Å². The van der Waals surface area contributed by atoms with Gasteiger partial charge in [0, 0.05) is 24.9 Å². The Bertz CT molecular complexity index is 344. The zero-order valence-electron chi connectivity index (χ0n) is 10.1. The fraction of sp³-hybridized carbons (Fsp3) is 0.500. The van der Waals surface area contributed by atoms with Crippen molar-refractivity contribution in [2.75, 3.05) is 19.5 Å². The molecule has 0 heterocycles. The molecule has 0 aliphatic rings. The Morgan fingerprint density at radius 2 is 1.94 bits per heavy atom. The van der Waals surface area contributed by atoms with Crippen molar-refractivity contribution in [3.8, 4) is 5.75 Å². The van der Waals surface area contributed by atoms with E-state index in [-0.39, 0.29) is 23.7 Å². The van der Waals surface area contributed by atoms with Crippen molar-refractivity contribution in [3.63, 3.8) is 0 Å². The molecule has 1 N–H and O–H groups in total. The summed E-state index contributed by atoms with van der Waals surface area (Å²) in [5, 5.41) is 3.16. The number of benzene rings is 1. The summed E-state index contributed by atoms with van der Waals surface area (Å²) in [6.07, 6.45) is 0.0603. The summed E-state index contributed by atoms with van der Waals surface area (Å²) in [6.45, 7) is 3.94. The lowest BCUT2D eigenvalue weighted by Crippen LogP contribution is -2.29. The van der Waals surface area contributed by atoms with E-state index in [0.717, 1.165) is 5.69 Å². The first-order valence-electron chi connectivity index (χ1n) is 5.21. The molecule has 0 bridgehead atoms. The third-order valence-electron chi connectivity index (χ3n) is 2.62. The summed E-state index contributed by atoms with van der Waals surface area (Å²) in [4.78, 5) is 0. The van der Waals surface area contributed by atoms with Crippen LogP contribution in [-0.2, 0) is 4.74 Å². The molecular formula is C12H18FNO2. The fourth-order valence-corrected chi connectivity index (χ4v) is 1.34. The first-order chi connectivity index (χ1) is 7.58. The van der Waals surface area contributed by atoms with Crippen molar-refractivity contribution in [1.82, 2.24) is 0 Å². The van der Waals surface area contributed by atoms with Crippen LogP contribution in [0.4, 0.5) is 10.1 Å². The van der Waals surface area contributed by atoms with Crippen LogP contribution in [0.2, 0.25) is 0 Å². The van der Waals surface area contributed by atoms with Crippen LogP contribution >= 0.6 is 0 Å². The van der Waals surface area contributed by atoms with Crippen LogP contribution in [0.3, 0.4) is 0 Å². The van der Waals surface area contributed by atoms with Gasteiger partial charge in [0.05, 0.1) is 13.2 Å². The van der Waals surface area contributed by atoms with Gasteiger partial charge in [0.25, 0.3) is 0 Å². The predicted octanol–water partition coefficient (Wildman–Crippen LogP) is 2.67. The number of nitrogens with one attached hydrogen (secondary N) is 1. The number of anilines is 1. The first kappa shape index (κ1) is 12.8. The molecule has 0 saturated carbocycles. The normalized spacial score (nSPS) is 14.3. The Morgan fingerprint density at radius 1 is 1.25 bits per heavy atom. The van der Waals surface area contributed by atoms with Crippen LogP contribution in [0, 0.1) is 5.82 Å². The van der Waals surface area contributed by atoms with Crippen molar-refractivity contribution in [3.05, 3.63) is 24.0 Å². The van der Waals surface area contributed by atoms with E-state index in [1.54, 1.807) is 19.2 Å². The molecule has 2 unspecified atom stereocenters. The van der Waals surface area contributed by atoms with Gasteiger partial charge in [-0.15, -0.1) is 0 Å². The highest BCUT2D eigenvalue weighted by molar-refractivity contribution is 5.48. The minimum Gasteiger partial charge on any atom is -0.494 e. The molecule has 0 radical (unpaired) electrons. The molecule has 3 nitrogen and oxygen atoms in total. The molecule has 0 saturated heterocycles. The summed E-state index contributed by atoms with van der Waals surface area (Å²) in [5.41, 5.74) is 0.717. The third-order valence-corrected chi connectivity index (χ3v) is 2.62. The van der Waals surface area contributed by atoms with Crippen LogP contribution in [0.5, 0.6) is 5.75 Å². The SMILES string of the molecule is COc1ccc(NC(C)C(C)OC)cc1F. The molecular weight excluding hydrogens is 209 g/mol. The van der Waals surface area contributed by atoms with E-state index in [2.05, 4.69) is 5.32 Å². The second kappa shape index (κ2) is 5.70. The summed E-state index contributed by atoms with van der Waals surface area (Å²) in [5.74, 6) is -0.122. The van der Waals surface area contributed by atoms with Gasteiger partial charge in [-0.05, 0) is 26.0 Å². The average molecular weight is 227 g/mol. The Morgan fingerprint density at radius 3 is 2.44 bits per heavy atom. The van der Waals surface area contributed by atoms with Crippen LogP contribution < -0.4 is 10.1 Å². The minimum absolute atomic E-state index is 0.0603. The van der Waals surface area contributed by atoms with E-state index in [1.165, 1.54) is 13.2 Å². The molecule has 0 amide bonds. The molecule has 1 aromatic rings. The van der Waals surface area contributed by atoms with Gasteiger partial charge in [0.15, 0.2) is 11.6 Å². The van der Waals surface area contributed by atoms with Crippen LogP contribution in [0.1, 0.15) is 13.8 Å². The summed E-state index contributed by atoms with van der Waals surface area (Å²) in [6, 6.07) is 4.90. The third kappa shape index (κ3) is 3.10. The maximum absolute atomic E-state index is 13.4. The lowest BCUT2D eigenvalue weighted by Gasteiger charge is -2.21. The molecule has 0 aromatic heterocycles. The molecule has 4 heteroatoms. The highest BCUT2D eigenvalue weighted by Gasteiger charge is 2.11. The molecule has 0 aliphatic carbocycles. The Hall–Kier alpha value is -1.29. The summed E-state index contributed by atoms with van der Waals surface area (Å²) < 4.78 is 23.4. The van der Waals surface area contributed by atoms with Crippen molar-refractivity contribution in [2.45, 2.75) is 26.0 Å². The smallest absolute Gasteiger partial charge is 0.167 e. The average Bonchev–Trinajstić information content (AvgIpc) is 2.28. The van der Waals surface area contributed by atoms with Crippen molar-refractivity contribution < 1.29 is 13.9 Å². The van der Waals surface area contributed by atoms with Crippen molar-refractivity contribution in [1.29, 1.82) is 0 Å². The number of hydrogen-bond donors (Lipinski definition) is 1. The number of methoxy groups -OCH3 is 2. The minimum atomic E-state index is -0.371. The lowest BCUT2D eigenvalue weighted by molar-refractivity contribution is 0.106. The largest absolute Gasteiger partial charge is 0.494 e. The molecule has 0 aliphatic heterocycles. The number of hydrogen-bond acceptors (Lipinski definition) is 3. The van der Waals surface area contributed by atoms with Gasteiger partial charge >= 0.3 is 0 Å². The van der Waals surface area contributed by atoms with Crippen LogP contribution in [0.25, 0.3) is 0 Å². The quantitative estimate of drug-likeness (QED) is 0.838. The van der Waals surface area contributed by atoms with E-state index in [4.69, 9.17) is 9.47 Å². The first-order valence-corrected chi connectivity index (χ1v) is 5.21. The molecule has 1 rings (SSSR count). The zero-order valence-corrected chi connectivity index (χ0v) is 10.1. The maximum atomic E-state index is 13.4. The second-order valence-corrected chi connectivity index (χ2v) is 3.72. The molecule has 16 heavy (non-hydrogen) atoms. The van der Waals surface area contributed by atoms with Crippen molar-refractivity contribution >= 4 is 5.69 Å². The van der Waals surface area contributed by atoms with E-state index >= 15 is 0 Å². The molecule has 90 valence electrons. The van der Waals surface area contributed by atoms with Gasteiger partial charge < -0.3 is 14.8 Å². The molecule has 2 atom stereocenters. The highest BCUT2D eigenvalue weighted by Crippen LogP contribution is 2.21. The topological polar surface area (TPSA) is 30.5 Å². The van der Waals surface area contributed by atoms with Gasteiger partial charge in [-0.1, -0.05) is 0 Å². The van der Waals surface area contributed by atoms with Crippen LogP contribution in [0.15, 0.2) is 18.2 Å². The standard InChI is InChI=1S/C12H18FNO2/c1-8(9(2)15-3)14-10-5-6-12(16-4)11(13)7-10/h5-9,14H,1-4H3. The molecule has 0 spiro atoms. The maximum Gasteiger partial charge on any atom is 0.167 e. The van der Waals surface area contributed by atoms with E-state index in [1.807, 2.05) is 13.8 Å². The highest BCUT2D eigenvalue weighted by atomic mass is 19.1. The molecule has 0 fully saturated rings. The predicted molar refractivity (Wildman–Crippen MR) is 62.5 cm³/mol. The second-order valence-electron chi connectivity index (χ2n) is 3.72. The van der Waals surface area contributed by atoms with Crippen molar-refractivity contribution in [2.24, 2.45) is 0 Å². The summed E-state index contributed by atoms with van der Waals surface area (Å²) >= 11 is 0. The van der Waals surface area contributed by atoms with Gasteiger partial charge in [-0.25, -0.2) is 4.39 Å². The monoisotopic (exact) mass is 227 g/mol. The number of rotatable bonds is 5. The van der Waals surface area contributed by atoms with E-state index < -0.39 is 0 Å². The van der Waals surface area contributed by atoms with Gasteiger partial charge in [-0.3, -0.25) is 0 Å². The lowest BCUT2D eigenvalue weighted by atomic mass is 10.2. The number of halogens is 1. The Kier molecular flexibility index (Phi) is 4.55. The van der Waals surface area contributed by atoms with Gasteiger partial charge in [0.2, 0.25) is 0 Å². The Balaban J connectivity index is 2.71. The van der Waals surface area contributed by atoms with E-state index in [9.17, 15) is 4.39 Å². The number of ether oxygens (including phenoxy) is 2. The van der Waals surface area contributed by atoms with E-state index in [0.29, 0.717) is 0 Å². The fourth-order valence-electron chi connectivity index (χ4n) is 1.34. The zero-order chi connectivity index (χ0) is 12.1. The van der Waals surface area contributed by atoms with Crippen LogP contribution in [-0.4, -0.2) is 26.4 Å². The summed E-state index contributed by atoms with van der Waals surface area (Å²) in [7, 11) is 3.10.